The second kappa shape index (κ2) is 8.76. The fraction of sp³-hybridized carbons (Fsp3) is 0.286. The third kappa shape index (κ3) is 7.12. The lowest BCUT2D eigenvalue weighted by atomic mass is 10.1. The molecular formula is C14H14Cl4O. The minimum atomic E-state index is 0.303. The van der Waals surface area contributed by atoms with Crippen LogP contribution in [0.25, 0.3) is 0 Å². The Kier molecular flexibility index (Phi) is 7.70. The van der Waals surface area contributed by atoms with Crippen LogP contribution in [-0.2, 0) is 0 Å². The molecule has 0 aromatic heterocycles. The van der Waals surface area contributed by atoms with Crippen LogP contribution in [0.3, 0.4) is 0 Å². The zero-order valence-corrected chi connectivity index (χ0v) is 13.5. The predicted molar refractivity (Wildman–Crippen MR) is 84.7 cm³/mol. The van der Waals surface area contributed by atoms with E-state index in [4.69, 9.17) is 51.1 Å². The summed E-state index contributed by atoms with van der Waals surface area (Å²) >= 11 is 22.9. The largest absolute Gasteiger partial charge is 0.488 e. The molecule has 0 bridgehead atoms. The number of allylic oxidation sites excluding steroid dienone is 2. The molecular weight excluding hydrogens is 326 g/mol. The molecule has 1 aromatic carbocycles. The summed E-state index contributed by atoms with van der Waals surface area (Å²) in [4.78, 5) is 0. The summed E-state index contributed by atoms with van der Waals surface area (Å²) in [7, 11) is 0. The van der Waals surface area contributed by atoms with Gasteiger partial charge >= 0.3 is 0 Å². The maximum Gasteiger partial charge on any atom is 0.138 e. The van der Waals surface area contributed by atoms with Gasteiger partial charge in [0.25, 0.3) is 0 Å². The van der Waals surface area contributed by atoms with Crippen molar-refractivity contribution >= 4 is 46.4 Å². The molecule has 1 nitrogen and oxygen atoms in total. The van der Waals surface area contributed by atoms with Crippen molar-refractivity contribution in [1.82, 2.24) is 0 Å². The van der Waals surface area contributed by atoms with Crippen molar-refractivity contribution in [2.75, 3.05) is 6.61 Å². The molecule has 0 amide bonds. The van der Waals surface area contributed by atoms with Gasteiger partial charge in [0, 0.05) is 5.02 Å². The van der Waals surface area contributed by atoms with Gasteiger partial charge in [-0.15, -0.1) is 0 Å². The van der Waals surface area contributed by atoms with Crippen LogP contribution in [0.2, 0.25) is 10.0 Å². The van der Waals surface area contributed by atoms with Gasteiger partial charge in [-0.05, 0) is 44.0 Å². The molecule has 1 rings (SSSR count). The lowest BCUT2D eigenvalue weighted by Gasteiger charge is -2.06. The molecule has 0 unspecified atom stereocenters. The molecule has 0 aliphatic heterocycles. The van der Waals surface area contributed by atoms with Gasteiger partial charge in [-0.3, -0.25) is 0 Å². The van der Waals surface area contributed by atoms with Crippen LogP contribution in [0.1, 0.15) is 19.8 Å². The van der Waals surface area contributed by atoms with E-state index in [0.29, 0.717) is 26.9 Å². The van der Waals surface area contributed by atoms with Crippen molar-refractivity contribution in [3.63, 3.8) is 0 Å². The van der Waals surface area contributed by atoms with E-state index in [1.165, 1.54) is 5.57 Å². The number of halogens is 4. The van der Waals surface area contributed by atoms with Crippen molar-refractivity contribution in [3.8, 4) is 5.75 Å². The van der Waals surface area contributed by atoms with E-state index in [1.54, 1.807) is 24.3 Å². The average molecular weight is 340 g/mol. The maximum atomic E-state index is 6.00. The quantitative estimate of drug-likeness (QED) is 0.543. The zero-order chi connectivity index (χ0) is 14.3. The molecule has 0 heterocycles. The van der Waals surface area contributed by atoms with Gasteiger partial charge in [0.05, 0.1) is 5.02 Å². The molecule has 19 heavy (non-hydrogen) atoms. The predicted octanol–water partition coefficient (Wildman–Crippen LogP) is 6.42. The van der Waals surface area contributed by atoms with Crippen molar-refractivity contribution in [2.24, 2.45) is 0 Å². The molecule has 104 valence electrons. The first-order valence-corrected chi connectivity index (χ1v) is 7.25. The molecule has 0 radical (unpaired) electrons. The highest BCUT2D eigenvalue weighted by molar-refractivity contribution is 6.55. The Bertz CT molecular complexity index is 476. The Morgan fingerprint density at radius 3 is 2.58 bits per heavy atom. The number of hydrogen-bond acceptors (Lipinski definition) is 1. The van der Waals surface area contributed by atoms with Crippen molar-refractivity contribution in [3.05, 3.63) is 50.5 Å². The van der Waals surface area contributed by atoms with Crippen LogP contribution in [0, 0.1) is 0 Å². The standard InChI is InChI=1S/C14H14Cl4O/c1-10(3-2-4-14(17)18)7-8-19-13-6-5-11(15)9-12(13)16/h4-7,9H,2-3,8H2,1H3. The van der Waals surface area contributed by atoms with Gasteiger partial charge in [-0.1, -0.05) is 58.1 Å². The van der Waals surface area contributed by atoms with Crippen LogP contribution < -0.4 is 4.74 Å². The van der Waals surface area contributed by atoms with E-state index in [-0.39, 0.29) is 0 Å². The van der Waals surface area contributed by atoms with Crippen molar-refractivity contribution < 1.29 is 4.74 Å². The van der Waals surface area contributed by atoms with Crippen LogP contribution in [-0.4, -0.2) is 6.61 Å². The van der Waals surface area contributed by atoms with Gasteiger partial charge in [0.2, 0.25) is 0 Å². The Morgan fingerprint density at radius 2 is 1.95 bits per heavy atom. The highest BCUT2D eigenvalue weighted by atomic mass is 35.5. The molecule has 0 fully saturated rings. The van der Waals surface area contributed by atoms with E-state index < -0.39 is 0 Å². The molecule has 0 saturated heterocycles. The lowest BCUT2D eigenvalue weighted by Crippen LogP contribution is -1.95. The molecule has 0 atom stereocenters. The van der Waals surface area contributed by atoms with Crippen molar-refractivity contribution in [1.29, 1.82) is 0 Å². The van der Waals surface area contributed by atoms with Gasteiger partial charge in [-0.25, -0.2) is 0 Å². The van der Waals surface area contributed by atoms with E-state index in [0.717, 1.165) is 12.8 Å². The fourth-order valence-electron chi connectivity index (χ4n) is 1.38. The van der Waals surface area contributed by atoms with E-state index in [1.807, 2.05) is 13.0 Å². The molecule has 0 saturated carbocycles. The Labute approximate surface area is 133 Å². The molecule has 0 aliphatic rings. The fourth-order valence-corrected chi connectivity index (χ4v) is 2.06. The smallest absolute Gasteiger partial charge is 0.138 e. The van der Waals surface area contributed by atoms with Crippen LogP contribution in [0.5, 0.6) is 5.75 Å². The van der Waals surface area contributed by atoms with Gasteiger partial charge in [0.1, 0.15) is 16.8 Å². The summed E-state index contributed by atoms with van der Waals surface area (Å²) in [5.74, 6) is 0.624. The molecule has 1 aromatic rings. The molecule has 0 spiro atoms. The minimum absolute atomic E-state index is 0.303. The Balaban J connectivity index is 2.42. The third-order valence-electron chi connectivity index (χ3n) is 2.40. The zero-order valence-electron chi connectivity index (χ0n) is 10.4. The summed E-state index contributed by atoms with van der Waals surface area (Å²) in [5, 5.41) is 1.10. The number of benzene rings is 1. The maximum absolute atomic E-state index is 6.00. The highest BCUT2D eigenvalue weighted by Crippen LogP contribution is 2.27. The molecule has 5 heteroatoms. The summed E-state index contributed by atoms with van der Waals surface area (Å²) in [6, 6.07) is 5.15. The third-order valence-corrected chi connectivity index (χ3v) is 3.24. The first-order chi connectivity index (χ1) is 8.99. The van der Waals surface area contributed by atoms with Gasteiger partial charge < -0.3 is 4.74 Å². The topological polar surface area (TPSA) is 9.23 Å². The van der Waals surface area contributed by atoms with Gasteiger partial charge in [0.15, 0.2) is 0 Å². The van der Waals surface area contributed by atoms with Crippen molar-refractivity contribution in [2.45, 2.75) is 19.8 Å². The summed E-state index contributed by atoms with van der Waals surface area (Å²) < 4.78 is 5.86. The van der Waals surface area contributed by atoms with E-state index in [9.17, 15) is 0 Å². The van der Waals surface area contributed by atoms with E-state index >= 15 is 0 Å². The van der Waals surface area contributed by atoms with Crippen LogP contribution in [0.4, 0.5) is 0 Å². The summed E-state index contributed by atoms with van der Waals surface area (Å²) in [5.41, 5.74) is 1.20. The first-order valence-electron chi connectivity index (χ1n) is 5.73. The number of rotatable bonds is 6. The monoisotopic (exact) mass is 338 g/mol. The minimum Gasteiger partial charge on any atom is -0.488 e. The second-order valence-electron chi connectivity index (χ2n) is 3.97. The SMILES string of the molecule is CC(=CCOc1ccc(Cl)cc1Cl)CCC=C(Cl)Cl. The Morgan fingerprint density at radius 1 is 1.21 bits per heavy atom. The highest BCUT2D eigenvalue weighted by Gasteiger charge is 2.01. The first kappa shape index (κ1) is 16.7. The summed E-state index contributed by atoms with van der Waals surface area (Å²) in [6.07, 6.45) is 5.48. The normalized spacial score (nSPS) is 11.3. The average Bonchev–Trinajstić information content (AvgIpc) is 2.31. The lowest BCUT2D eigenvalue weighted by molar-refractivity contribution is 0.362. The van der Waals surface area contributed by atoms with Crippen LogP contribution >= 0.6 is 46.4 Å². The molecule has 0 N–H and O–H groups in total. The molecule has 0 aliphatic carbocycles. The van der Waals surface area contributed by atoms with Gasteiger partial charge in [-0.2, -0.15) is 0 Å². The van der Waals surface area contributed by atoms with E-state index in [2.05, 4.69) is 0 Å². The van der Waals surface area contributed by atoms with Crippen LogP contribution in [0.15, 0.2) is 40.4 Å². The number of hydrogen-bond donors (Lipinski definition) is 0. The number of ether oxygens (including phenoxy) is 1. The Hall–Kier alpha value is -0.340. The summed E-state index contributed by atoms with van der Waals surface area (Å²) in [6.45, 7) is 2.49. The second-order valence-corrected chi connectivity index (χ2v) is 5.82.